The smallest absolute Gasteiger partial charge is 0.216 e. The van der Waals surface area contributed by atoms with Crippen LogP contribution in [-0.4, -0.2) is 21.1 Å². The number of hydrogen-bond acceptors (Lipinski definition) is 4. The molecule has 0 saturated heterocycles. The number of rotatable bonds is 3. The van der Waals surface area contributed by atoms with Crippen LogP contribution in [0.15, 0.2) is 21.0 Å². The van der Waals surface area contributed by atoms with Crippen LogP contribution in [0.5, 0.6) is 0 Å². The monoisotopic (exact) mass is 328 g/mol. The van der Waals surface area contributed by atoms with Crippen LogP contribution in [0.4, 0.5) is 0 Å². The Morgan fingerprint density at radius 2 is 2.47 bits per heavy atom. The van der Waals surface area contributed by atoms with Crippen LogP contribution in [0, 0.1) is 4.77 Å². The van der Waals surface area contributed by atoms with Crippen molar-refractivity contribution in [3.63, 3.8) is 0 Å². The van der Waals surface area contributed by atoms with Gasteiger partial charge in [-0.05, 0) is 47.1 Å². The van der Waals surface area contributed by atoms with Crippen LogP contribution in [0.1, 0.15) is 29.5 Å². The maximum Gasteiger partial charge on any atom is 0.216 e. The Hall–Kier alpha value is -0.790. The summed E-state index contributed by atoms with van der Waals surface area (Å²) in [6, 6.07) is 2.02. The van der Waals surface area contributed by atoms with E-state index in [-0.39, 0.29) is 0 Å². The van der Waals surface area contributed by atoms with Crippen LogP contribution in [-0.2, 0) is 0 Å². The van der Waals surface area contributed by atoms with Gasteiger partial charge in [0.2, 0.25) is 4.77 Å². The van der Waals surface area contributed by atoms with Crippen molar-refractivity contribution in [2.75, 3.05) is 0 Å². The summed E-state index contributed by atoms with van der Waals surface area (Å²) in [7, 11) is 0. The molecule has 2 aromatic rings. The van der Waals surface area contributed by atoms with Crippen LogP contribution < -0.4 is 0 Å². The van der Waals surface area contributed by atoms with E-state index in [9.17, 15) is 0 Å². The largest absolute Gasteiger partial charge is 0.250 e. The SMILES string of the molecule is S=c1[nH]nc(C2CC2)n1/N=C\c1cc(Br)cs1. The first-order chi connectivity index (χ1) is 8.24. The molecule has 88 valence electrons. The number of H-pyrrole nitrogens is 1. The van der Waals surface area contributed by atoms with Gasteiger partial charge in [-0.2, -0.15) is 14.9 Å². The number of hydrogen-bond donors (Lipinski definition) is 1. The molecule has 0 aromatic carbocycles. The topological polar surface area (TPSA) is 46.0 Å². The highest BCUT2D eigenvalue weighted by molar-refractivity contribution is 9.10. The maximum absolute atomic E-state index is 5.17. The molecule has 0 spiro atoms. The molecule has 0 amide bonds. The van der Waals surface area contributed by atoms with Crippen molar-refractivity contribution in [1.82, 2.24) is 14.9 Å². The summed E-state index contributed by atoms with van der Waals surface area (Å²) in [5, 5.41) is 13.4. The second-order valence-electron chi connectivity index (χ2n) is 3.88. The summed E-state index contributed by atoms with van der Waals surface area (Å²) in [5.74, 6) is 1.47. The van der Waals surface area contributed by atoms with Crippen molar-refractivity contribution in [3.8, 4) is 0 Å². The summed E-state index contributed by atoms with van der Waals surface area (Å²) >= 11 is 10.2. The molecule has 4 nitrogen and oxygen atoms in total. The minimum atomic E-state index is 0.523. The third kappa shape index (κ3) is 2.41. The Morgan fingerprint density at radius 1 is 1.65 bits per heavy atom. The van der Waals surface area contributed by atoms with Gasteiger partial charge >= 0.3 is 0 Å². The Bertz CT molecular complexity index is 620. The highest BCUT2D eigenvalue weighted by Crippen LogP contribution is 2.38. The second-order valence-corrected chi connectivity index (χ2v) is 6.13. The fraction of sp³-hybridized carbons (Fsp3) is 0.300. The highest BCUT2D eigenvalue weighted by Gasteiger charge is 2.29. The zero-order valence-corrected chi connectivity index (χ0v) is 12.0. The average Bonchev–Trinajstić information content (AvgIpc) is 2.97. The Morgan fingerprint density at radius 3 is 3.12 bits per heavy atom. The molecule has 0 atom stereocenters. The van der Waals surface area contributed by atoms with Crippen molar-refractivity contribution >= 4 is 45.7 Å². The zero-order chi connectivity index (χ0) is 11.8. The normalized spacial score (nSPS) is 15.8. The molecule has 7 heteroatoms. The second kappa shape index (κ2) is 4.47. The molecule has 1 aliphatic rings. The first kappa shape index (κ1) is 11.3. The lowest BCUT2D eigenvalue weighted by molar-refractivity contribution is 0.773. The summed E-state index contributed by atoms with van der Waals surface area (Å²) < 4.78 is 3.35. The molecule has 1 saturated carbocycles. The number of halogens is 1. The van der Waals surface area contributed by atoms with Crippen molar-refractivity contribution in [2.45, 2.75) is 18.8 Å². The molecule has 2 aromatic heterocycles. The summed E-state index contributed by atoms with van der Waals surface area (Å²) in [4.78, 5) is 1.08. The first-order valence-electron chi connectivity index (χ1n) is 5.20. The minimum absolute atomic E-state index is 0.523. The van der Waals surface area contributed by atoms with Crippen molar-refractivity contribution in [1.29, 1.82) is 0 Å². The van der Waals surface area contributed by atoms with Gasteiger partial charge in [0.1, 0.15) is 0 Å². The van der Waals surface area contributed by atoms with E-state index in [2.05, 4.69) is 31.2 Å². The molecule has 17 heavy (non-hydrogen) atoms. The van der Waals surface area contributed by atoms with E-state index >= 15 is 0 Å². The maximum atomic E-state index is 5.17. The predicted octanol–water partition coefficient (Wildman–Crippen LogP) is 3.52. The van der Waals surface area contributed by atoms with E-state index in [4.69, 9.17) is 12.2 Å². The number of aromatic nitrogens is 3. The van der Waals surface area contributed by atoms with Crippen molar-refractivity contribution < 1.29 is 0 Å². The molecule has 0 radical (unpaired) electrons. The predicted molar refractivity (Wildman–Crippen MR) is 74.4 cm³/mol. The van der Waals surface area contributed by atoms with Crippen LogP contribution in [0.2, 0.25) is 0 Å². The first-order valence-corrected chi connectivity index (χ1v) is 7.28. The van der Waals surface area contributed by atoms with Gasteiger partial charge in [-0.1, -0.05) is 0 Å². The third-order valence-electron chi connectivity index (χ3n) is 2.51. The number of aromatic amines is 1. The molecule has 0 unspecified atom stereocenters. The molecule has 0 aliphatic heterocycles. The van der Waals surface area contributed by atoms with Gasteiger partial charge in [-0.3, -0.25) is 5.10 Å². The third-order valence-corrected chi connectivity index (χ3v) is 4.40. The number of nitrogens with zero attached hydrogens (tertiary/aromatic N) is 3. The lowest BCUT2D eigenvalue weighted by atomic mass is 10.4. The van der Waals surface area contributed by atoms with Crippen LogP contribution in [0.25, 0.3) is 0 Å². The highest BCUT2D eigenvalue weighted by atomic mass is 79.9. The molecule has 2 heterocycles. The van der Waals surface area contributed by atoms with E-state index in [1.54, 1.807) is 16.0 Å². The molecule has 1 N–H and O–H groups in total. The van der Waals surface area contributed by atoms with E-state index < -0.39 is 0 Å². The van der Waals surface area contributed by atoms with Gasteiger partial charge in [0.25, 0.3) is 0 Å². The van der Waals surface area contributed by atoms with Crippen molar-refractivity contribution in [2.24, 2.45) is 5.10 Å². The van der Waals surface area contributed by atoms with E-state index in [1.807, 2.05) is 17.7 Å². The summed E-state index contributed by atoms with van der Waals surface area (Å²) in [6.07, 6.45) is 4.17. The zero-order valence-electron chi connectivity index (χ0n) is 8.76. The van der Waals surface area contributed by atoms with Gasteiger partial charge in [0.05, 0.1) is 6.21 Å². The van der Waals surface area contributed by atoms with Gasteiger partial charge < -0.3 is 0 Å². The van der Waals surface area contributed by atoms with Crippen LogP contribution in [0.3, 0.4) is 0 Å². The quantitative estimate of drug-likeness (QED) is 0.692. The van der Waals surface area contributed by atoms with Gasteiger partial charge in [-0.25, -0.2) is 0 Å². The fourth-order valence-electron chi connectivity index (χ4n) is 1.53. The standard InChI is InChI=1S/C10H9BrN4S2/c11-7-3-8(17-5-7)4-12-15-9(6-1-2-6)13-14-10(15)16/h3-6H,1-2H2,(H,14,16)/b12-4-. The van der Waals surface area contributed by atoms with Gasteiger partial charge in [0.15, 0.2) is 5.82 Å². The van der Waals surface area contributed by atoms with Crippen molar-refractivity contribution in [3.05, 3.63) is 31.4 Å². The van der Waals surface area contributed by atoms with E-state index in [0.29, 0.717) is 10.7 Å². The molecule has 3 rings (SSSR count). The van der Waals surface area contributed by atoms with E-state index in [1.165, 1.54) is 12.8 Å². The molecular weight excluding hydrogens is 320 g/mol. The Balaban J connectivity index is 1.91. The van der Waals surface area contributed by atoms with Gasteiger partial charge in [-0.15, -0.1) is 11.3 Å². The minimum Gasteiger partial charge on any atom is -0.250 e. The van der Waals surface area contributed by atoms with Gasteiger partial charge in [0, 0.05) is 20.6 Å². The number of nitrogens with one attached hydrogen (secondary N) is 1. The summed E-state index contributed by atoms with van der Waals surface area (Å²) in [6.45, 7) is 0. The lowest BCUT2D eigenvalue weighted by Gasteiger charge is -1.96. The molecule has 1 fully saturated rings. The van der Waals surface area contributed by atoms with Crippen LogP contribution >= 0.6 is 39.5 Å². The summed E-state index contributed by atoms with van der Waals surface area (Å²) in [5.41, 5.74) is 0. The molecule has 0 bridgehead atoms. The number of thiophene rings is 1. The lowest BCUT2D eigenvalue weighted by Crippen LogP contribution is -1.96. The Kier molecular flexibility index (Phi) is 2.97. The van der Waals surface area contributed by atoms with E-state index in [0.717, 1.165) is 15.2 Å². The average molecular weight is 329 g/mol. The Labute approximate surface area is 116 Å². The fourth-order valence-corrected chi connectivity index (χ4v) is 3.02. The molecule has 1 aliphatic carbocycles. The molecular formula is C10H9BrN4S2.